The van der Waals surface area contributed by atoms with Crippen molar-refractivity contribution >= 4 is 11.8 Å². The van der Waals surface area contributed by atoms with Crippen molar-refractivity contribution < 1.29 is 9.84 Å². The maximum absolute atomic E-state index is 9.05. The molecule has 0 heterocycles. The molecule has 1 rings (SSSR count). The highest BCUT2D eigenvalue weighted by Gasteiger charge is 2.00. The molecule has 0 aliphatic heterocycles. The Hall–Kier alpha value is -0.670. The van der Waals surface area contributed by atoms with Crippen molar-refractivity contribution in [3.8, 4) is 5.75 Å². The lowest BCUT2D eigenvalue weighted by Gasteiger charge is -2.09. The van der Waals surface area contributed by atoms with Gasteiger partial charge in [0.25, 0.3) is 0 Å². The molecule has 0 radical (unpaired) electrons. The predicted molar refractivity (Wildman–Crippen MR) is 46.6 cm³/mol. The van der Waals surface area contributed by atoms with E-state index in [9.17, 15) is 0 Å². The van der Waals surface area contributed by atoms with E-state index in [1.165, 1.54) is 11.8 Å². The van der Waals surface area contributed by atoms with Gasteiger partial charge in [-0.3, -0.25) is 0 Å². The summed E-state index contributed by atoms with van der Waals surface area (Å²) < 4.78 is 5.08. The molecule has 0 bridgehead atoms. The number of aliphatic hydroxyl groups excluding tert-OH is 1. The van der Waals surface area contributed by atoms with Gasteiger partial charge in [0.05, 0.1) is 0 Å². The summed E-state index contributed by atoms with van der Waals surface area (Å²) >= 11 is 1.25. The van der Waals surface area contributed by atoms with E-state index in [1.54, 1.807) is 18.4 Å². The highest BCUT2D eigenvalue weighted by molar-refractivity contribution is 7.98. The molecule has 0 spiro atoms. The lowest BCUT2D eigenvalue weighted by molar-refractivity contribution is 0.0629. The van der Waals surface area contributed by atoms with Gasteiger partial charge in [-0.2, -0.15) is 0 Å². The molecule has 0 fully saturated rings. The Labute approximate surface area is 70.2 Å². The molecule has 0 saturated heterocycles. The summed E-state index contributed by atoms with van der Waals surface area (Å²) in [6, 6.07) is 9.24. The van der Waals surface area contributed by atoms with Crippen LogP contribution in [0.25, 0.3) is 0 Å². The Morgan fingerprint density at radius 3 is 2.55 bits per heavy atom. The number of aliphatic hydroxyl groups is 1. The molecule has 2 nitrogen and oxygen atoms in total. The summed E-state index contributed by atoms with van der Waals surface area (Å²) in [6.45, 7) is 0. The zero-order valence-electron chi connectivity index (χ0n) is 6.23. The van der Waals surface area contributed by atoms with Gasteiger partial charge < -0.3 is 9.84 Å². The quantitative estimate of drug-likeness (QED) is 0.700. The van der Waals surface area contributed by atoms with E-state index in [0.717, 1.165) is 0 Å². The van der Waals surface area contributed by atoms with Crippen LogP contribution in [-0.2, 0) is 0 Å². The Morgan fingerprint density at radius 1 is 1.36 bits per heavy atom. The smallest absolute Gasteiger partial charge is 0.246 e. The SMILES string of the molecule is CSC(O)Oc1ccccc1. The molecule has 60 valence electrons. The van der Waals surface area contributed by atoms with Crippen LogP contribution in [0.2, 0.25) is 0 Å². The van der Waals surface area contributed by atoms with Gasteiger partial charge in [-0.15, -0.1) is 0 Å². The molecule has 0 amide bonds. The topological polar surface area (TPSA) is 29.5 Å². The van der Waals surface area contributed by atoms with Crippen molar-refractivity contribution in [2.45, 2.75) is 5.62 Å². The van der Waals surface area contributed by atoms with Gasteiger partial charge >= 0.3 is 0 Å². The third-order valence-electron chi connectivity index (χ3n) is 1.18. The predicted octanol–water partition coefficient (Wildman–Crippen LogP) is 1.70. The Morgan fingerprint density at radius 2 is 2.00 bits per heavy atom. The monoisotopic (exact) mass is 170 g/mol. The summed E-state index contributed by atoms with van der Waals surface area (Å²) in [4.78, 5) is 0. The third-order valence-corrected chi connectivity index (χ3v) is 1.68. The number of benzene rings is 1. The first-order valence-electron chi connectivity index (χ1n) is 3.25. The van der Waals surface area contributed by atoms with Gasteiger partial charge in [-0.25, -0.2) is 0 Å². The highest BCUT2D eigenvalue weighted by Crippen LogP contribution is 2.13. The number of thioether (sulfide) groups is 1. The Kier molecular flexibility index (Phi) is 3.26. The minimum Gasteiger partial charge on any atom is -0.456 e. The summed E-state index contributed by atoms with van der Waals surface area (Å²) in [7, 11) is 0. The Balaban J connectivity index is 2.51. The summed E-state index contributed by atoms with van der Waals surface area (Å²) in [5.74, 6) is 0.689. The molecule has 1 unspecified atom stereocenters. The third kappa shape index (κ3) is 2.82. The van der Waals surface area contributed by atoms with E-state index in [1.807, 2.05) is 18.2 Å². The number of hydrogen-bond donors (Lipinski definition) is 1. The van der Waals surface area contributed by atoms with Gasteiger partial charge in [0.2, 0.25) is 5.62 Å². The molecule has 0 saturated carbocycles. The van der Waals surface area contributed by atoms with Crippen molar-refractivity contribution in [1.82, 2.24) is 0 Å². The Bertz CT molecular complexity index is 201. The molecule has 0 aromatic heterocycles. The standard InChI is InChI=1S/C8H10O2S/c1-11-8(9)10-7-5-3-2-4-6-7/h2-6,8-9H,1H3. The first-order chi connectivity index (χ1) is 5.33. The lowest BCUT2D eigenvalue weighted by atomic mass is 10.3. The maximum Gasteiger partial charge on any atom is 0.246 e. The van der Waals surface area contributed by atoms with Crippen molar-refractivity contribution in [2.24, 2.45) is 0 Å². The van der Waals surface area contributed by atoms with Gasteiger partial charge in [0.15, 0.2) is 0 Å². The number of rotatable bonds is 3. The lowest BCUT2D eigenvalue weighted by Crippen LogP contribution is -2.09. The van der Waals surface area contributed by atoms with Crippen molar-refractivity contribution in [3.05, 3.63) is 30.3 Å². The number of ether oxygens (including phenoxy) is 1. The first kappa shape index (κ1) is 8.43. The summed E-state index contributed by atoms with van der Waals surface area (Å²) in [6.07, 6.45) is 1.79. The zero-order valence-corrected chi connectivity index (χ0v) is 7.04. The molecule has 1 atom stereocenters. The molecule has 1 N–H and O–H groups in total. The second-order valence-electron chi connectivity index (χ2n) is 1.97. The fraction of sp³-hybridized carbons (Fsp3) is 0.250. The number of para-hydroxylation sites is 1. The summed E-state index contributed by atoms with van der Waals surface area (Å²) in [5.41, 5.74) is -0.766. The minimum absolute atomic E-state index is 0.689. The van der Waals surface area contributed by atoms with Crippen LogP contribution in [0.4, 0.5) is 0 Å². The van der Waals surface area contributed by atoms with Crippen LogP contribution in [-0.4, -0.2) is 17.0 Å². The van der Waals surface area contributed by atoms with Crippen LogP contribution < -0.4 is 4.74 Å². The molecule has 1 aromatic rings. The average molecular weight is 170 g/mol. The second kappa shape index (κ2) is 4.26. The van der Waals surface area contributed by atoms with Gasteiger partial charge in [0.1, 0.15) is 5.75 Å². The van der Waals surface area contributed by atoms with Crippen molar-refractivity contribution in [2.75, 3.05) is 6.26 Å². The minimum atomic E-state index is -0.766. The highest BCUT2D eigenvalue weighted by atomic mass is 32.2. The zero-order chi connectivity index (χ0) is 8.10. The van der Waals surface area contributed by atoms with E-state index in [0.29, 0.717) is 5.75 Å². The van der Waals surface area contributed by atoms with Crippen LogP contribution in [0.15, 0.2) is 30.3 Å². The largest absolute Gasteiger partial charge is 0.456 e. The molecule has 3 heteroatoms. The van der Waals surface area contributed by atoms with Crippen LogP contribution in [0.3, 0.4) is 0 Å². The van der Waals surface area contributed by atoms with Crippen molar-refractivity contribution in [3.63, 3.8) is 0 Å². The molecule has 0 aliphatic rings. The van der Waals surface area contributed by atoms with Crippen LogP contribution in [0.5, 0.6) is 5.75 Å². The average Bonchev–Trinajstić information content (AvgIpc) is 2.06. The van der Waals surface area contributed by atoms with Crippen LogP contribution in [0, 0.1) is 0 Å². The molecule has 0 aliphatic carbocycles. The molecular formula is C8H10O2S. The first-order valence-corrected chi connectivity index (χ1v) is 4.54. The van der Waals surface area contributed by atoms with Crippen LogP contribution >= 0.6 is 11.8 Å². The normalized spacial score (nSPS) is 12.5. The van der Waals surface area contributed by atoms with Gasteiger partial charge in [0, 0.05) is 0 Å². The van der Waals surface area contributed by atoms with E-state index in [-0.39, 0.29) is 0 Å². The molecule has 11 heavy (non-hydrogen) atoms. The maximum atomic E-state index is 9.05. The molecular weight excluding hydrogens is 160 g/mol. The second-order valence-corrected chi connectivity index (χ2v) is 2.85. The van der Waals surface area contributed by atoms with E-state index >= 15 is 0 Å². The van der Waals surface area contributed by atoms with Gasteiger partial charge in [-0.05, 0) is 18.4 Å². The van der Waals surface area contributed by atoms with Crippen LogP contribution in [0.1, 0.15) is 0 Å². The molecule has 1 aromatic carbocycles. The number of hydrogen-bond acceptors (Lipinski definition) is 3. The summed E-state index contributed by atoms with van der Waals surface area (Å²) in [5, 5.41) is 9.05. The fourth-order valence-electron chi connectivity index (χ4n) is 0.664. The van der Waals surface area contributed by atoms with Gasteiger partial charge in [-0.1, -0.05) is 30.0 Å². The van der Waals surface area contributed by atoms with E-state index in [2.05, 4.69) is 0 Å². The van der Waals surface area contributed by atoms with E-state index in [4.69, 9.17) is 9.84 Å². The fourth-order valence-corrected chi connectivity index (χ4v) is 0.871. The van der Waals surface area contributed by atoms with Crippen molar-refractivity contribution in [1.29, 1.82) is 0 Å². The van der Waals surface area contributed by atoms with E-state index < -0.39 is 5.62 Å².